The molecule has 2 amide bonds. The summed E-state index contributed by atoms with van der Waals surface area (Å²) in [5, 5.41) is 3.09. The number of benzene rings is 2. The average Bonchev–Trinajstić information content (AvgIpc) is 2.56. The molecule has 124 valence electrons. The SMILES string of the molecule is CC(C(=O)Nc1ccc(F)cc1)N1C(=O)COc2ccc(Cl)cc21. The molecule has 1 heterocycles. The van der Waals surface area contributed by atoms with E-state index in [1.165, 1.54) is 29.2 Å². The Morgan fingerprint density at radius 3 is 2.71 bits per heavy atom. The van der Waals surface area contributed by atoms with Gasteiger partial charge >= 0.3 is 0 Å². The van der Waals surface area contributed by atoms with Crippen LogP contribution in [0.25, 0.3) is 0 Å². The Morgan fingerprint density at radius 1 is 1.29 bits per heavy atom. The van der Waals surface area contributed by atoms with Crippen molar-refractivity contribution in [3.63, 3.8) is 0 Å². The molecule has 3 rings (SSSR count). The maximum Gasteiger partial charge on any atom is 0.265 e. The Hall–Kier alpha value is -2.60. The van der Waals surface area contributed by atoms with Crippen LogP contribution in [0.3, 0.4) is 0 Å². The van der Waals surface area contributed by atoms with E-state index in [0.717, 1.165) is 0 Å². The quantitative estimate of drug-likeness (QED) is 0.926. The molecular formula is C17H14ClFN2O3. The molecule has 0 saturated heterocycles. The zero-order valence-corrected chi connectivity index (χ0v) is 13.5. The van der Waals surface area contributed by atoms with Crippen molar-refractivity contribution < 1.29 is 18.7 Å². The minimum absolute atomic E-state index is 0.150. The van der Waals surface area contributed by atoms with Crippen molar-refractivity contribution in [3.8, 4) is 5.75 Å². The van der Waals surface area contributed by atoms with Gasteiger partial charge in [0.1, 0.15) is 17.6 Å². The van der Waals surface area contributed by atoms with Gasteiger partial charge in [0.25, 0.3) is 5.91 Å². The lowest BCUT2D eigenvalue weighted by Crippen LogP contribution is -2.49. The van der Waals surface area contributed by atoms with E-state index in [4.69, 9.17) is 16.3 Å². The summed E-state index contributed by atoms with van der Waals surface area (Å²) in [6.45, 7) is 1.45. The minimum atomic E-state index is -0.788. The predicted molar refractivity (Wildman–Crippen MR) is 88.9 cm³/mol. The molecule has 0 aromatic heterocycles. The molecule has 1 aliphatic rings. The van der Waals surface area contributed by atoms with Gasteiger partial charge < -0.3 is 10.1 Å². The van der Waals surface area contributed by atoms with Gasteiger partial charge in [-0.05, 0) is 49.4 Å². The first-order chi connectivity index (χ1) is 11.5. The summed E-state index contributed by atoms with van der Waals surface area (Å²) < 4.78 is 18.3. The molecule has 0 bridgehead atoms. The van der Waals surface area contributed by atoms with Crippen molar-refractivity contribution >= 4 is 34.8 Å². The standard InChI is InChI=1S/C17H14ClFN2O3/c1-10(17(23)20-13-5-3-12(19)4-6-13)21-14-8-11(18)2-7-15(14)24-9-16(21)22/h2-8,10H,9H2,1H3,(H,20,23). The molecule has 1 N–H and O–H groups in total. The van der Waals surface area contributed by atoms with Crippen LogP contribution in [-0.2, 0) is 9.59 Å². The van der Waals surface area contributed by atoms with E-state index < -0.39 is 17.8 Å². The van der Waals surface area contributed by atoms with Gasteiger partial charge in [-0.15, -0.1) is 0 Å². The number of nitrogens with one attached hydrogen (secondary N) is 1. The van der Waals surface area contributed by atoms with Crippen LogP contribution < -0.4 is 15.0 Å². The van der Waals surface area contributed by atoms with Gasteiger partial charge in [-0.25, -0.2) is 4.39 Å². The molecule has 1 unspecified atom stereocenters. The summed E-state index contributed by atoms with van der Waals surface area (Å²) in [5.41, 5.74) is 0.890. The summed E-state index contributed by atoms with van der Waals surface area (Å²) in [6.07, 6.45) is 0. The Bertz CT molecular complexity index is 795. The van der Waals surface area contributed by atoms with Gasteiger partial charge in [0, 0.05) is 10.7 Å². The highest BCUT2D eigenvalue weighted by molar-refractivity contribution is 6.31. The number of hydrogen-bond acceptors (Lipinski definition) is 3. The van der Waals surface area contributed by atoms with E-state index in [0.29, 0.717) is 22.1 Å². The van der Waals surface area contributed by atoms with Crippen LogP contribution in [0.4, 0.5) is 15.8 Å². The normalized spacial score (nSPS) is 14.6. The van der Waals surface area contributed by atoms with Crippen molar-refractivity contribution in [1.82, 2.24) is 0 Å². The van der Waals surface area contributed by atoms with E-state index in [1.807, 2.05) is 0 Å². The van der Waals surface area contributed by atoms with E-state index in [1.54, 1.807) is 25.1 Å². The highest BCUT2D eigenvalue weighted by atomic mass is 35.5. The third kappa shape index (κ3) is 3.19. The molecule has 1 aliphatic heterocycles. The molecule has 0 saturated carbocycles. The van der Waals surface area contributed by atoms with Crippen LogP contribution in [0.1, 0.15) is 6.92 Å². The Labute approximate surface area is 143 Å². The molecule has 7 heteroatoms. The molecular weight excluding hydrogens is 335 g/mol. The monoisotopic (exact) mass is 348 g/mol. The largest absolute Gasteiger partial charge is 0.482 e. The number of amides is 2. The van der Waals surface area contributed by atoms with E-state index in [9.17, 15) is 14.0 Å². The van der Waals surface area contributed by atoms with Crippen LogP contribution in [0.2, 0.25) is 5.02 Å². The highest BCUT2D eigenvalue weighted by Crippen LogP contribution is 2.35. The van der Waals surface area contributed by atoms with Crippen molar-refractivity contribution in [2.24, 2.45) is 0 Å². The predicted octanol–water partition coefficient (Wildman–Crippen LogP) is 3.23. The maximum atomic E-state index is 12.9. The lowest BCUT2D eigenvalue weighted by atomic mass is 10.1. The fourth-order valence-electron chi connectivity index (χ4n) is 2.47. The molecule has 0 aliphatic carbocycles. The van der Waals surface area contributed by atoms with E-state index in [-0.39, 0.29) is 12.5 Å². The Balaban J connectivity index is 1.84. The summed E-state index contributed by atoms with van der Waals surface area (Å²) in [7, 11) is 0. The fraction of sp³-hybridized carbons (Fsp3) is 0.176. The van der Waals surface area contributed by atoms with Crippen molar-refractivity contribution in [2.75, 3.05) is 16.8 Å². The lowest BCUT2D eigenvalue weighted by Gasteiger charge is -2.33. The number of anilines is 2. The second-order valence-corrected chi connectivity index (χ2v) is 5.77. The number of ether oxygens (including phenoxy) is 1. The number of fused-ring (bicyclic) bond motifs is 1. The van der Waals surface area contributed by atoms with Gasteiger partial charge in [-0.2, -0.15) is 0 Å². The topological polar surface area (TPSA) is 58.6 Å². The summed E-state index contributed by atoms with van der Waals surface area (Å²) >= 11 is 5.99. The summed E-state index contributed by atoms with van der Waals surface area (Å²) in [6, 6.07) is 9.49. The minimum Gasteiger partial charge on any atom is -0.482 e. The number of rotatable bonds is 3. The van der Waals surface area contributed by atoms with Gasteiger partial charge in [0.05, 0.1) is 5.69 Å². The molecule has 2 aromatic carbocycles. The zero-order chi connectivity index (χ0) is 17.3. The molecule has 0 spiro atoms. The van der Waals surface area contributed by atoms with Crippen molar-refractivity contribution in [2.45, 2.75) is 13.0 Å². The molecule has 24 heavy (non-hydrogen) atoms. The second kappa shape index (κ2) is 6.49. The number of hydrogen-bond donors (Lipinski definition) is 1. The number of nitrogens with zero attached hydrogens (tertiary/aromatic N) is 1. The van der Waals surface area contributed by atoms with Crippen LogP contribution >= 0.6 is 11.6 Å². The smallest absolute Gasteiger partial charge is 0.265 e. The molecule has 5 nitrogen and oxygen atoms in total. The van der Waals surface area contributed by atoms with E-state index >= 15 is 0 Å². The zero-order valence-electron chi connectivity index (χ0n) is 12.8. The molecule has 1 atom stereocenters. The van der Waals surface area contributed by atoms with Gasteiger partial charge in [0.15, 0.2) is 6.61 Å². The third-order valence-corrected chi connectivity index (χ3v) is 3.91. The number of halogens is 2. The molecule has 0 fully saturated rings. The van der Waals surface area contributed by atoms with Gasteiger partial charge in [0.2, 0.25) is 5.91 Å². The first-order valence-corrected chi connectivity index (χ1v) is 7.64. The van der Waals surface area contributed by atoms with Crippen LogP contribution in [0.15, 0.2) is 42.5 Å². The van der Waals surface area contributed by atoms with Crippen LogP contribution in [0, 0.1) is 5.82 Å². The third-order valence-electron chi connectivity index (χ3n) is 3.68. The van der Waals surface area contributed by atoms with Crippen LogP contribution in [-0.4, -0.2) is 24.5 Å². The summed E-state index contributed by atoms with van der Waals surface area (Å²) in [4.78, 5) is 26.1. The van der Waals surface area contributed by atoms with Crippen molar-refractivity contribution in [1.29, 1.82) is 0 Å². The van der Waals surface area contributed by atoms with Crippen LogP contribution in [0.5, 0.6) is 5.75 Å². The summed E-state index contributed by atoms with van der Waals surface area (Å²) in [5.74, 6) is -0.650. The molecule has 0 radical (unpaired) electrons. The van der Waals surface area contributed by atoms with Crippen molar-refractivity contribution in [3.05, 3.63) is 53.3 Å². The molecule has 2 aromatic rings. The van der Waals surface area contributed by atoms with Gasteiger partial charge in [-0.3, -0.25) is 14.5 Å². The average molecular weight is 349 g/mol. The highest BCUT2D eigenvalue weighted by Gasteiger charge is 2.33. The Kier molecular flexibility index (Phi) is 4.40. The fourth-order valence-corrected chi connectivity index (χ4v) is 2.63. The van der Waals surface area contributed by atoms with E-state index in [2.05, 4.69) is 5.32 Å². The number of carbonyl (C=O) groups excluding carboxylic acids is 2. The maximum absolute atomic E-state index is 12.9. The second-order valence-electron chi connectivity index (χ2n) is 5.34. The lowest BCUT2D eigenvalue weighted by molar-refractivity contribution is -0.125. The van der Waals surface area contributed by atoms with Gasteiger partial charge in [-0.1, -0.05) is 11.6 Å². The first-order valence-electron chi connectivity index (χ1n) is 7.26. The Morgan fingerprint density at radius 2 is 2.00 bits per heavy atom. The number of carbonyl (C=O) groups is 2. The first kappa shape index (κ1) is 16.3.